The zero-order chi connectivity index (χ0) is 10.6. The molecule has 2 N–H and O–H groups in total. The fourth-order valence-electron chi connectivity index (χ4n) is 0.874. The van der Waals surface area contributed by atoms with E-state index in [0.29, 0.717) is 12.4 Å². The molecule has 78 valence electrons. The van der Waals surface area contributed by atoms with E-state index in [1.165, 1.54) is 0 Å². The van der Waals surface area contributed by atoms with Gasteiger partial charge in [-0.2, -0.15) is 4.98 Å². The van der Waals surface area contributed by atoms with E-state index in [2.05, 4.69) is 9.97 Å². The van der Waals surface area contributed by atoms with Crippen LogP contribution < -0.4 is 5.56 Å². The van der Waals surface area contributed by atoms with Crippen LogP contribution in [0.25, 0.3) is 0 Å². The molecular formula is C8H11IN2O3. The molecule has 0 amide bonds. The Bertz CT molecular complexity index is 364. The summed E-state index contributed by atoms with van der Waals surface area (Å²) in [6.45, 7) is 2.81. The molecule has 0 aliphatic carbocycles. The summed E-state index contributed by atoms with van der Waals surface area (Å²) in [4.78, 5) is 17.5. The molecule has 0 unspecified atom stereocenters. The lowest BCUT2D eigenvalue weighted by atomic mass is 10.5. The highest BCUT2D eigenvalue weighted by molar-refractivity contribution is 14.1. The lowest BCUT2D eigenvalue weighted by molar-refractivity contribution is 0.115. The van der Waals surface area contributed by atoms with Crippen molar-refractivity contribution in [3.8, 4) is 5.88 Å². The first-order chi connectivity index (χ1) is 6.65. The molecule has 1 aromatic heterocycles. The topological polar surface area (TPSA) is 75.2 Å². The van der Waals surface area contributed by atoms with Gasteiger partial charge in [0.2, 0.25) is 5.88 Å². The molecule has 0 radical (unpaired) electrons. The van der Waals surface area contributed by atoms with Crippen LogP contribution in [0.5, 0.6) is 5.88 Å². The Morgan fingerprint density at radius 1 is 1.64 bits per heavy atom. The number of aromatic amines is 1. The van der Waals surface area contributed by atoms with Crippen LogP contribution in [-0.2, 0) is 11.3 Å². The maximum atomic E-state index is 11.2. The molecule has 0 aliphatic rings. The van der Waals surface area contributed by atoms with Gasteiger partial charge >= 0.3 is 0 Å². The number of nitrogens with one attached hydrogen (secondary N) is 1. The van der Waals surface area contributed by atoms with E-state index in [-0.39, 0.29) is 21.6 Å². The van der Waals surface area contributed by atoms with Crippen molar-refractivity contribution < 1.29 is 9.84 Å². The first-order valence-corrected chi connectivity index (χ1v) is 5.28. The molecule has 0 bridgehead atoms. The monoisotopic (exact) mass is 310 g/mol. The molecule has 0 saturated heterocycles. The van der Waals surface area contributed by atoms with Crippen LogP contribution in [0.3, 0.4) is 0 Å². The van der Waals surface area contributed by atoms with Crippen molar-refractivity contribution in [1.29, 1.82) is 0 Å². The van der Waals surface area contributed by atoms with Crippen LogP contribution >= 0.6 is 22.6 Å². The van der Waals surface area contributed by atoms with Crippen molar-refractivity contribution in [1.82, 2.24) is 9.97 Å². The smallest absolute Gasteiger partial charge is 0.268 e. The van der Waals surface area contributed by atoms with Gasteiger partial charge in [0.25, 0.3) is 5.56 Å². The maximum Gasteiger partial charge on any atom is 0.268 e. The molecule has 0 spiro atoms. The Morgan fingerprint density at radius 3 is 2.93 bits per heavy atom. The molecular weight excluding hydrogens is 299 g/mol. The third-order valence-corrected chi connectivity index (χ3v) is 2.45. The van der Waals surface area contributed by atoms with Gasteiger partial charge in [-0.1, -0.05) is 6.92 Å². The van der Waals surface area contributed by atoms with Gasteiger partial charge in [-0.05, 0) is 29.0 Å². The van der Waals surface area contributed by atoms with Gasteiger partial charge < -0.3 is 14.8 Å². The third kappa shape index (κ3) is 2.95. The highest BCUT2D eigenvalue weighted by Crippen LogP contribution is 2.10. The zero-order valence-electron chi connectivity index (χ0n) is 7.71. The first-order valence-electron chi connectivity index (χ1n) is 4.20. The predicted molar refractivity (Wildman–Crippen MR) is 59.2 cm³/mol. The predicted octanol–water partition coefficient (Wildman–Crippen LogP) is 1.01. The van der Waals surface area contributed by atoms with E-state index in [0.717, 1.165) is 6.42 Å². The Kier molecular flexibility index (Phi) is 4.33. The molecule has 1 aromatic rings. The molecule has 5 nitrogen and oxygen atoms in total. The second-order valence-electron chi connectivity index (χ2n) is 2.70. The summed E-state index contributed by atoms with van der Waals surface area (Å²) in [5.74, 6) is 0.103. The molecule has 1 heterocycles. The highest BCUT2D eigenvalue weighted by Gasteiger charge is 2.06. The molecule has 0 atom stereocenters. The standard InChI is InChI=1S/C8H11IN2O3/c1-2-3-14-4-5-10-7(12)6(9)8(13)11-5/h2-4H2,1H3,(H2,10,11,12,13). The van der Waals surface area contributed by atoms with E-state index < -0.39 is 0 Å². The number of halogens is 1. The van der Waals surface area contributed by atoms with Crippen LogP contribution in [-0.4, -0.2) is 21.7 Å². The van der Waals surface area contributed by atoms with E-state index in [9.17, 15) is 9.90 Å². The summed E-state index contributed by atoms with van der Waals surface area (Å²) in [6, 6.07) is 0. The van der Waals surface area contributed by atoms with Gasteiger partial charge in [-0.15, -0.1) is 0 Å². The van der Waals surface area contributed by atoms with E-state index in [4.69, 9.17) is 4.74 Å². The second kappa shape index (κ2) is 5.30. The average molecular weight is 310 g/mol. The quantitative estimate of drug-likeness (QED) is 0.643. The highest BCUT2D eigenvalue weighted by atomic mass is 127. The molecule has 0 fully saturated rings. The Hall–Kier alpha value is -0.630. The lowest BCUT2D eigenvalue weighted by Crippen LogP contribution is -2.15. The lowest BCUT2D eigenvalue weighted by Gasteiger charge is -2.02. The van der Waals surface area contributed by atoms with Crippen molar-refractivity contribution in [3.63, 3.8) is 0 Å². The maximum absolute atomic E-state index is 11.2. The van der Waals surface area contributed by atoms with E-state index in [1.54, 1.807) is 22.6 Å². The minimum absolute atomic E-state index is 0.196. The number of hydrogen-bond acceptors (Lipinski definition) is 4. The summed E-state index contributed by atoms with van der Waals surface area (Å²) in [6.07, 6.45) is 0.903. The third-order valence-electron chi connectivity index (χ3n) is 1.48. The van der Waals surface area contributed by atoms with Crippen molar-refractivity contribution in [2.24, 2.45) is 0 Å². The summed E-state index contributed by atoms with van der Waals surface area (Å²) in [7, 11) is 0. The number of aromatic nitrogens is 2. The molecule has 6 heteroatoms. The number of H-pyrrole nitrogens is 1. The van der Waals surface area contributed by atoms with Gasteiger partial charge in [0, 0.05) is 6.61 Å². The number of ether oxygens (including phenoxy) is 1. The fraction of sp³-hybridized carbons (Fsp3) is 0.500. The second-order valence-corrected chi connectivity index (χ2v) is 3.78. The molecule has 14 heavy (non-hydrogen) atoms. The zero-order valence-corrected chi connectivity index (χ0v) is 9.87. The van der Waals surface area contributed by atoms with E-state index in [1.807, 2.05) is 6.92 Å². The van der Waals surface area contributed by atoms with Crippen molar-refractivity contribution in [2.75, 3.05) is 6.61 Å². The summed E-state index contributed by atoms with van der Waals surface area (Å²) < 4.78 is 5.37. The summed E-state index contributed by atoms with van der Waals surface area (Å²) >= 11 is 1.73. The minimum atomic E-state index is -0.340. The van der Waals surface area contributed by atoms with Crippen LogP contribution in [0.2, 0.25) is 0 Å². The average Bonchev–Trinajstić information content (AvgIpc) is 2.14. The van der Waals surface area contributed by atoms with Gasteiger partial charge in [-0.25, -0.2) is 0 Å². The number of rotatable bonds is 4. The molecule has 0 aromatic carbocycles. The van der Waals surface area contributed by atoms with Gasteiger partial charge in [0.1, 0.15) is 16.0 Å². The van der Waals surface area contributed by atoms with Crippen molar-refractivity contribution in [2.45, 2.75) is 20.0 Å². The number of aromatic hydroxyl groups is 1. The van der Waals surface area contributed by atoms with Gasteiger partial charge in [-0.3, -0.25) is 4.79 Å². The summed E-state index contributed by atoms with van der Waals surface area (Å²) in [5.41, 5.74) is -0.340. The molecule has 0 saturated carbocycles. The van der Waals surface area contributed by atoms with Crippen LogP contribution in [0.4, 0.5) is 0 Å². The first kappa shape index (κ1) is 11.4. The number of hydrogen-bond donors (Lipinski definition) is 2. The number of nitrogens with zero attached hydrogens (tertiary/aromatic N) is 1. The Balaban J connectivity index is 2.75. The van der Waals surface area contributed by atoms with Crippen LogP contribution in [0.1, 0.15) is 19.2 Å². The minimum Gasteiger partial charge on any atom is -0.492 e. The Morgan fingerprint density at radius 2 is 2.36 bits per heavy atom. The van der Waals surface area contributed by atoms with E-state index >= 15 is 0 Å². The van der Waals surface area contributed by atoms with Crippen LogP contribution in [0.15, 0.2) is 4.79 Å². The fourth-order valence-corrected chi connectivity index (χ4v) is 1.13. The Labute approximate surface area is 94.7 Å². The van der Waals surface area contributed by atoms with Crippen molar-refractivity contribution in [3.05, 3.63) is 19.7 Å². The van der Waals surface area contributed by atoms with Gasteiger partial charge in [0.05, 0.1) is 0 Å². The van der Waals surface area contributed by atoms with Crippen LogP contribution in [0, 0.1) is 3.57 Å². The normalized spacial score (nSPS) is 10.4. The molecule has 0 aliphatic heterocycles. The van der Waals surface area contributed by atoms with Gasteiger partial charge in [0.15, 0.2) is 0 Å². The molecule has 1 rings (SSSR count). The SMILES string of the molecule is CCCOCc1nc(O)c(I)c(=O)[nH]1. The summed E-state index contributed by atoms with van der Waals surface area (Å²) in [5, 5.41) is 9.24. The van der Waals surface area contributed by atoms with Crippen molar-refractivity contribution >= 4 is 22.6 Å². The largest absolute Gasteiger partial charge is 0.492 e.